The van der Waals surface area contributed by atoms with Crippen molar-refractivity contribution in [1.82, 2.24) is 3.97 Å². The molecule has 1 aromatic carbocycles. The highest BCUT2D eigenvalue weighted by atomic mass is 32.2. The second kappa shape index (κ2) is 4.23. The molecule has 0 aliphatic carbocycles. The SMILES string of the molecule is NC(=O)c1ccccc1Sn1cccc1. The first-order valence-electron chi connectivity index (χ1n) is 4.47. The summed E-state index contributed by atoms with van der Waals surface area (Å²) in [6, 6.07) is 11.2. The first kappa shape index (κ1) is 9.86. The number of benzene rings is 1. The van der Waals surface area contributed by atoms with Crippen molar-refractivity contribution < 1.29 is 4.79 Å². The average molecular weight is 218 g/mol. The van der Waals surface area contributed by atoms with Gasteiger partial charge in [0, 0.05) is 17.3 Å². The van der Waals surface area contributed by atoms with Gasteiger partial charge in [-0.1, -0.05) is 12.1 Å². The molecule has 0 saturated carbocycles. The Morgan fingerprint density at radius 1 is 1.13 bits per heavy atom. The van der Waals surface area contributed by atoms with Gasteiger partial charge >= 0.3 is 0 Å². The van der Waals surface area contributed by atoms with Crippen LogP contribution in [-0.2, 0) is 0 Å². The smallest absolute Gasteiger partial charge is 0.249 e. The van der Waals surface area contributed by atoms with Gasteiger partial charge in [0.25, 0.3) is 0 Å². The van der Waals surface area contributed by atoms with E-state index in [0.29, 0.717) is 5.56 Å². The van der Waals surface area contributed by atoms with Gasteiger partial charge in [-0.15, -0.1) is 0 Å². The summed E-state index contributed by atoms with van der Waals surface area (Å²) in [6.45, 7) is 0. The van der Waals surface area contributed by atoms with Crippen molar-refractivity contribution in [2.24, 2.45) is 5.73 Å². The third-order valence-corrected chi connectivity index (χ3v) is 2.94. The molecule has 1 aromatic heterocycles. The van der Waals surface area contributed by atoms with Gasteiger partial charge in [0.2, 0.25) is 5.91 Å². The van der Waals surface area contributed by atoms with Gasteiger partial charge in [-0.2, -0.15) is 0 Å². The van der Waals surface area contributed by atoms with Crippen molar-refractivity contribution in [2.45, 2.75) is 4.90 Å². The fraction of sp³-hybridized carbons (Fsp3) is 0. The Morgan fingerprint density at radius 3 is 2.47 bits per heavy atom. The van der Waals surface area contributed by atoms with Crippen LogP contribution in [0.15, 0.2) is 53.7 Å². The van der Waals surface area contributed by atoms with Crippen LogP contribution in [-0.4, -0.2) is 9.88 Å². The Morgan fingerprint density at radius 2 is 1.80 bits per heavy atom. The third kappa shape index (κ3) is 2.22. The lowest BCUT2D eigenvalue weighted by Crippen LogP contribution is -2.12. The molecule has 1 heterocycles. The van der Waals surface area contributed by atoms with Crippen LogP contribution in [0.4, 0.5) is 0 Å². The van der Waals surface area contributed by atoms with E-state index >= 15 is 0 Å². The minimum atomic E-state index is -0.398. The molecule has 2 aromatic rings. The normalized spacial score (nSPS) is 10.1. The van der Waals surface area contributed by atoms with Crippen molar-refractivity contribution in [3.05, 3.63) is 54.4 Å². The number of nitrogens with zero attached hydrogens (tertiary/aromatic N) is 1. The lowest BCUT2D eigenvalue weighted by molar-refractivity contribution is 0.0997. The summed E-state index contributed by atoms with van der Waals surface area (Å²) in [5.41, 5.74) is 5.83. The van der Waals surface area contributed by atoms with Crippen LogP contribution in [0, 0.1) is 0 Å². The second-order valence-electron chi connectivity index (χ2n) is 2.99. The number of hydrogen-bond acceptors (Lipinski definition) is 2. The summed E-state index contributed by atoms with van der Waals surface area (Å²) >= 11 is 1.47. The summed E-state index contributed by atoms with van der Waals surface area (Å²) in [5.74, 6) is -0.398. The van der Waals surface area contributed by atoms with E-state index in [0.717, 1.165) is 4.90 Å². The Hall–Kier alpha value is -1.68. The minimum Gasteiger partial charge on any atom is -0.366 e. The van der Waals surface area contributed by atoms with Crippen LogP contribution >= 0.6 is 11.9 Å². The van der Waals surface area contributed by atoms with E-state index in [1.807, 2.05) is 40.6 Å². The number of carbonyl (C=O) groups excluding carboxylic acids is 1. The molecule has 3 nitrogen and oxygen atoms in total. The topological polar surface area (TPSA) is 48.0 Å². The summed E-state index contributed by atoms with van der Waals surface area (Å²) < 4.78 is 1.92. The summed E-state index contributed by atoms with van der Waals surface area (Å²) in [7, 11) is 0. The first-order chi connectivity index (χ1) is 7.27. The van der Waals surface area contributed by atoms with E-state index < -0.39 is 5.91 Å². The fourth-order valence-electron chi connectivity index (χ4n) is 1.24. The van der Waals surface area contributed by atoms with E-state index in [1.54, 1.807) is 12.1 Å². The van der Waals surface area contributed by atoms with Gasteiger partial charge in [0.15, 0.2) is 0 Å². The molecule has 2 N–H and O–H groups in total. The molecule has 0 bridgehead atoms. The van der Waals surface area contributed by atoms with Crippen LogP contribution < -0.4 is 5.73 Å². The number of primary amides is 1. The van der Waals surface area contributed by atoms with Crippen LogP contribution in [0.25, 0.3) is 0 Å². The Labute approximate surface area is 92.0 Å². The van der Waals surface area contributed by atoms with E-state index in [1.165, 1.54) is 11.9 Å². The van der Waals surface area contributed by atoms with Crippen LogP contribution in [0.1, 0.15) is 10.4 Å². The average Bonchev–Trinajstić information content (AvgIpc) is 2.71. The van der Waals surface area contributed by atoms with Gasteiger partial charge in [-0.25, -0.2) is 0 Å². The van der Waals surface area contributed by atoms with Crippen LogP contribution in [0.2, 0.25) is 0 Å². The van der Waals surface area contributed by atoms with E-state index in [4.69, 9.17) is 5.73 Å². The Bertz CT molecular complexity index is 465. The molecule has 1 amide bonds. The molecule has 2 rings (SSSR count). The number of nitrogens with two attached hydrogens (primary N) is 1. The van der Waals surface area contributed by atoms with Gasteiger partial charge in [-0.3, -0.25) is 8.77 Å². The molecule has 0 radical (unpaired) electrons. The van der Waals surface area contributed by atoms with Crippen LogP contribution in [0.3, 0.4) is 0 Å². The predicted octanol–water partition coefficient (Wildman–Crippen LogP) is 2.14. The number of hydrogen-bond donors (Lipinski definition) is 1. The van der Waals surface area contributed by atoms with Gasteiger partial charge in [0.05, 0.1) is 5.56 Å². The van der Waals surface area contributed by atoms with Gasteiger partial charge in [-0.05, 0) is 36.2 Å². The lowest BCUT2D eigenvalue weighted by Gasteiger charge is -2.05. The maximum absolute atomic E-state index is 11.1. The maximum atomic E-state index is 11.1. The van der Waals surface area contributed by atoms with E-state index in [9.17, 15) is 4.79 Å². The van der Waals surface area contributed by atoms with E-state index in [-0.39, 0.29) is 0 Å². The molecule has 0 unspecified atom stereocenters. The summed E-state index contributed by atoms with van der Waals surface area (Å²) in [6.07, 6.45) is 3.84. The zero-order valence-electron chi connectivity index (χ0n) is 7.96. The lowest BCUT2D eigenvalue weighted by atomic mass is 10.2. The molecule has 0 fully saturated rings. The van der Waals surface area contributed by atoms with Gasteiger partial charge < -0.3 is 5.73 Å². The van der Waals surface area contributed by atoms with Crippen molar-refractivity contribution >= 4 is 17.9 Å². The molecule has 0 spiro atoms. The number of carbonyl (C=O) groups is 1. The Balaban J connectivity index is 2.32. The zero-order valence-corrected chi connectivity index (χ0v) is 8.78. The predicted molar refractivity (Wildman–Crippen MR) is 60.6 cm³/mol. The molecule has 0 saturated heterocycles. The minimum absolute atomic E-state index is 0.398. The molecule has 0 atom stereocenters. The monoisotopic (exact) mass is 218 g/mol. The summed E-state index contributed by atoms with van der Waals surface area (Å²) in [4.78, 5) is 12.0. The second-order valence-corrected chi connectivity index (χ2v) is 4.04. The fourth-order valence-corrected chi connectivity index (χ4v) is 2.14. The molecule has 0 aliphatic heterocycles. The van der Waals surface area contributed by atoms with Crippen molar-refractivity contribution in [2.75, 3.05) is 0 Å². The van der Waals surface area contributed by atoms with Crippen LogP contribution in [0.5, 0.6) is 0 Å². The maximum Gasteiger partial charge on any atom is 0.249 e. The zero-order chi connectivity index (χ0) is 10.7. The van der Waals surface area contributed by atoms with Gasteiger partial charge in [0.1, 0.15) is 0 Å². The highest BCUT2D eigenvalue weighted by Crippen LogP contribution is 2.23. The number of amides is 1. The quantitative estimate of drug-likeness (QED) is 0.858. The molecule has 0 aliphatic rings. The molecular weight excluding hydrogens is 208 g/mol. The standard InChI is InChI=1S/C11H10N2OS/c12-11(14)9-5-1-2-6-10(9)15-13-7-3-4-8-13/h1-8H,(H2,12,14). The highest BCUT2D eigenvalue weighted by molar-refractivity contribution is 7.97. The van der Waals surface area contributed by atoms with Crippen molar-refractivity contribution in [3.63, 3.8) is 0 Å². The Kier molecular flexibility index (Phi) is 2.78. The summed E-state index contributed by atoms with van der Waals surface area (Å²) in [5, 5.41) is 0. The molecular formula is C11H10N2OS. The number of aromatic nitrogens is 1. The largest absolute Gasteiger partial charge is 0.366 e. The highest BCUT2D eigenvalue weighted by Gasteiger charge is 2.07. The molecule has 4 heteroatoms. The number of rotatable bonds is 3. The first-order valence-corrected chi connectivity index (χ1v) is 5.25. The molecule has 15 heavy (non-hydrogen) atoms. The molecule has 76 valence electrons. The van der Waals surface area contributed by atoms with E-state index in [2.05, 4.69) is 0 Å². The van der Waals surface area contributed by atoms with Crippen molar-refractivity contribution in [1.29, 1.82) is 0 Å². The third-order valence-electron chi connectivity index (χ3n) is 1.93. The van der Waals surface area contributed by atoms with Crippen molar-refractivity contribution in [3.8, 4) is 0 Å².